The fraction of sp³-hybridized carbons (Fsp3) is 0.625. The van der Waals surface area contributed by atoms with Gasteiger partial charge in [-0.3, -0.25) is 0 Å². The Hall–Kier alpha value is -1.07. The van der Waals surface area contributed by atoms with Crippen LogP contribution < -0.4 is 5.32 Å². The molecule has 0 amide bonds. The minimum absolute atomic E-state index is 0.0705. The van der Waals surface area contributed by atoms with E-state index in [1.54, 1.807) is 10.4 Å². The molecule has 0 saturated carbocycles. The molecule has 21 heavy (non-hydrogen) atoms. The molecule has 2 heterocycles. The summed E-state index contributed by atoms with van der Waals surface area (Å²) in [4.78, 5) is 0.447. The van der Waals surface area contributed by atoms with E-state index in [4.69, 9.17) is 0 Å². The quantitative estimate of drug-likeness (QED) is 0.914. The average molecular weight is 308 g/mol. The summed E-state index contributed by atoms with van der Waals surface area (Å²) in [5, 5.41) is 3.33. The minimum atomic E-state index is -3.36. The van der Waals surface area contributed by atoms with E-state index in [0.717, 1.165) is 43.5 Å². The molecule has 2 aliphatic rings. The van der Waals surface area contributed by atoms with Gasteiger partial charge in [-0.15, -0.1) is 0 Å². The highest BCUT2D eigenvalue weighted by atomic mass is 32.2. The van der Waals surface area contributed by atoms with Gasteiger partial charge < -0.3 is 5.32 Å². The summed E-state index contributed by atoms with van der Waals surface area (Å²) < 4.78 is 27.4. The molecule has 1 fully saturated rings. The standard InChI is InChI=1S/C16H24N2O2S/c1-16(2)8-4-10-18(12-16)21(19,20)14-6-7-15-13(11-14)5-3-9-17-15/h6-7,11,17H,3-5,8-10,12H2,1-2H3. The highest BCUT2D eigenvalue weighted by Crippen LogP contribution is 2.33. The van der Waals surface area contributed by atoms with E-state index in [0.29, 0.717) is 18.0 Å². The van der Waals surface area contributed by atoms with Gasteiger partial charge >= 0.3 is 0 Å². The molecule has 3 rings (SSSR count). The number of aryl methyl sites for hydroxylation is 1. The van der Waals surface area contributed by atoms with Crippen LogP contribution in [0.1, 0.15) is 38.7 Å². The SMILES string of the molecule is CC1(C)CCCN(S(=O)(=O)c2ccc3c(c2)CCCN3)C1. The Morgan fingerprint density at radius 1 is 1.24 bits per heavy atom. The van der Waals surface area contributed by atoms with Crippen molar-refractivity contribution in [3.63, 3.8) is 0 Å². The number of sulfonamides is 1. The summed E-state index contributed by atoms with van der Waals surface area (Å²) >= 11 is 0. The molecule has 0 spiro atoms. The monoisotopic (exact) mass is 308 g/mol. The Balaban J connectivity index is 1.91. The van der Waals surface area contributed by atoms with Crippen molar-refractivity contribution in [2.24, 2.45) is 5.41 Å². The summed E-state index contributed by atoms with van der Waals surface area (Å²) in [7, 11) is -3.36. The number of rotatable bonds is 2. The van der Waals surface area contributed by atoms with Crippen molar-refractivity contribution in [3.05, 3.63) is 23.8 Å². The number of benzene rings is 1. The lowest BCUT2D eigenvalue weighted by atomic mass is 9.85. The summed E-state index contributed by atoms with van der Waals surface area (Å²) in [5.41, 5.74) is 2.28. The van der Waals surface area contributed by atoms with Gasteiger partial charge in [0.25, 0.3) is 0 Å². The van der Waals surface area contributed by atoms with E-state index in [1.807, 2.05) is 12.1 Å². The van der Waals surface area contributed by atoms with E-state index in [2.05, 4.69) is 19.2 Å². The molecule has 0 aromatic heterocycles. The van der Waals surface area contributed by atoms with Crippen molar-refractivity contribution >= 4 is 15.7 Å². The molecule has 2 aliphatic heterocycles. The van der Waals surface area contributed by atoms with Gasteiger partial charge in [-0.25, -0.2) is 8.42 Å². The second-order valence-electron chi connectivity index (χ2n) is 6.96. The molecular weight excluding hydrogens is 284 g/mol. The van der Waals surface area contributed by atoms with Crippen molar-refractivity contribution in [3.8, 4) is 0 Å². The molecule has 4 nitrogen and oxygen atoms in total. The Labute approximate surface area is 127 Å². The van der Waals surface area contributed by atoms with Gasteiger partial charge in [-0.05, 0) is 54.9 Å². The van der Waals surface area contributed by atoms with Crippen LogP contribution in [0.3, 0.4) is 0 Å². The van der Waals surface area contributed by atoms with E-state index in [-0.39, 0.29) is 5.41 Å². The van der Waals surface area contributed by atoms with Gasteiger partial charge in [0.05, 0.1) is 4.90 Å². The Morgan fingerprint density at radius 3 is 2.81 bits per heavy atom. The van der Waals surface area contributed by atoms with Gasteiger partial charge in [0.1, 0.15) is 0 Å². The maximum atomic E-state index is 12.9. The largest absolute Gasteiger partial charge is 0.385 e. The first-order valence-corrected chi connectivity index (χ1v) is 9.19. The van der Waals surface area contributed by atoms with Crippen LogP contribution in [0.15, 0.2) is 23.1 Å². The Morgan fingerprint density at radius 2 is 2.05 bits per heavy atom. The second kappa shape index (κ2) is 5.29. The van der Waals surface area contributed by atoms with E-state index < -0.39 is 10.0 Å². The average Bonchev–Trinajstić information content (AvgIpc) is 2.45. The third-order valence-electron chi connectivity index (χ3n) is 4.52. The lowest BCUT2D eigenvalue weighted by Gasteiger charge is -2.37. The molecule has 0 aliphatic carbocycles. The van der Waals surface area contributed by atoms with Crippen molar-refractivity contribution in [1.82, 2.24) is 4.31 Å². The summed E-state index contributed by atoms with van der Waals surface area (Å²) in [5.74, 6) is 0. The molecule has 5 heteroatoms. The van der Waals surface area contributed by atoms with Crippen molar-refractivity contribution < 1.29 is 8.42 Å². The lowest BCUT2D eigenvalue weighted by Crippen LogP contribution is -2.43. The third-order valence-corrected chi connectivity index (χ3v) is 6.36. The Kier molecular flexibility index (Phi) is 3.74. The first-order chi connectivity index (χ1) is 9.88. The summed E-state index contributed by atoms with van der Waals surface area (Å²) in [6, 6.07) is 5.52. The van der Waals surface area contributed by atoms with Crippen LogP contribution in [0.2, 0.25) is 0 Å². The molecule has 0 unspecified atom stereocenters. The lowest BCUT2D eigenvalue weighted by molar-refractivity contribution is 0.187. The first kappa shape index (κ1) is 14.9. The predicted molar refractivity (Wildman–Crippen MR) is 85.0 cm³/mol. The maximum Gasteiger partial charge on any atom is 0.243 e. The number of hydrogen-bond donors (Lipinski definition) is 1. The predicted octanol–water partition coefficient (Wildman–Crippen LogP) is 2.86. The molecule has 0 atom stereocenters. The highest BCUT2D eigenvalue weighted by molar-refractivity contribution is 7.89. The van der Waals surface area contributed by atoms with Crippen molar-refractivity contribution in [2.45, 2.75) is 44.4 Å². The smallest absolute Gasteiger partial charge is 0.243 e. The van der Waals surface area contributed by atoms with Crippen molar-refractivity contribution in [2.75, 3.05) is 25.0 Å². The third kappa shape index (κ3) is 2.94. The second-order valence-corrected chi connectivity index (χ2v) is 8.89. The van der Waals surface area contributed by atoms with Gasteiger partial charge in [0.15, 0.2) is 0 Å². The summed E-state index contributed by atoms with van der Waals surface area (Å²) in [6.07, 6.45) is 4.05. The van der Waals surface area contributed by atoms with Crippen LogP contribution in [0.5, 0.6) is 0 Å². The molecule has 0 radical (unpaired) electrons. The number of nitrogens with one attached hydrogen (secondary N) is 1. The van der Waals surface area contributed by atoms with Crippen LogP contribution in [0.25, 0.3) is 0 Å². The number of anilines is 1. The van der Waals surface area contributed by atoms with Gasteiger partial charge in [-0.2, -0.15) is 4.31 Å². The van der Waals surface area contributed by atoms with E-state index in [1.165, 1.54) is 0 Å². The molecular formula is C16H24N2O2S. The fourth-order valence-corrected chi connectivity index (χ4v) is 5.05. The van der Waals surface area contributed by atoms with Gasteiger partial charge in [0.2, 0.25) is 10.0 Å². The maximum absolute atomic E-state index is 12.9. The zero-order valence-corrected chi connectivity index (χ0v) is 13.7. The minimum Gasteiger partial charge on any atom is -0.385 e. The molecule has 1 aromatic carbocycles. The molecule has 1 saturated heterocycles. The summed E-state index contributed by atoms with van der Waals surface area (Å²) in [6.45, 7) is 6.52. The van der Waals surface area contributed by atoms with Crippen molar-refractivity contribution in [1.29, 1.82) is 0 Å². The number of nitrogens with zero attached hydrogens (tertiary/aromatic N) is 1. The van der Waals surface area contributed by atoms with Crippen LogP contribution in [0.4, 0.5) is 5.69 Å². The van der Waals surface area contributed by atoms with Crippen LogP contribution in [0, 0.1) is 5.41 Å². The van der Waals surface area contributed by atoms with Crippen LogP contribution in [-0.2, 0) is 16.4 Å². The fourth-order valence-electron chi connectivity index (χ4n) is 3.34. The van der Waals surface area contributed by atoms with Gasteiger partial charge in [0, 0.05) is 25.3 Å². The van der Waals surface area contributed by atoms with Gasteiger partial charge in [-0.1, -0.05) is 13.8 Å². The van der Waals surface area contributed by atoms with E-state index in [9.17, 15) is 8.42 Å². The number of fused-ring (bicyclic) bond motifs is 1. The molecule has 1 aromatic rings. The van der Waals surface area contributed by atoms with Crippen LogP contribution in [-0.4, -0.2) is 32.4 Å². The molecule has 116 valence electrons. The van der Waals surface area contributed by atoms with Crippen LogP contribution >= 0.6 is 0 Å². The highest BCUT2D eigenvalue weighted by Gasteiger charge is 2.34. The first-order valence-electron chi connectivity index (χ1n) is 7.75. The molecule has 0 bridgehead atoms. The Bertz CT molecular complexity index is 638. The topological polar surface area (TPSA) is 49.4 Å². The number of piperidine rings is 1. The molecule has 1 N–H and O–H groups in total. The number of hydrogen-bond acceptors (Lipinski definition) is 3. The zero-order valence-electron chi connectivity index (χ0n) is 12.9. The zero-order chi connectivity index (χ0) is 15.1. The van der Waals surface area contributed by atoms with E-state index >= 15 is 0 Å². The normalized spacial score (nSPS) is 22.4.